The van der Waals surface area contributed by atoms with E-state index in [4.69, 9.17) is 0 Å². The van der Waals surface area contributed by atoms with Crippen molar-refractivity contribution in [2.75, 3.05) is 0 Å². The van der Waals surface area contributed by atoms with Gasteiger partial charge in [0.15, 0.2) is 0 Å². The van der Waals surface area contributed by atoms with Crippen LogP contribution in [0.15, 0.2) is 29.8 Å². The average Bonchev–Trinajstić information content (AvgIpc) is 2.85. The molecule has 1 aromatic rings. The summed E-state index contributed by atoms with van der Waals surface area (Å²) < 4.78 is 0. The smallest absolute Gasteiger partial charge is 0.0193 e. The third-order valence-electron chi connectivity index (χ3n) is 3.62. The average molecular weight is 184 g/mol. The van der Waals surface area contributed by atoms with E-state index in [1.165, 1.54) is 38.5 Å². The summed E-state index contributed by atoms with van der Waals surface area (Å²) in [7, 11) is 0. The van der Waals surface area contributed by atoms with E-state index in [9.17, 15) is 0 Å². The van der Waals surface area contributed by atoms with Crippen LogP contribution in [0.3, 0.4) is 0 Å². The van der Waals surface area contributed by atoms with Crippen LogP contribution in [-0.2, 0) is 6.42 Å². The molecule has 0 nitrogen and oxygen atoms in total. The van der Waals surface area contributed by atoms with Gasteiger partial charge in [-0.1, -0.05) is 29.8 Å². The Labute approximate surface area is 85.6 Å². The quantitative estimate of drug-likeness (QED) is 0.572. The molecule has 0 radical (unpaired) electrons. The second-order valence-corrected chi connectivity index (χ2v) is 4.45. The third kappa shape index (κ3) is 1.21. The molecule has 3 rings (SSSR count). The summed E-state index contributed by atoms with van der Waals surface area (Å²) in [6, 6.07) is 8.95. The number of hydrogen-bond acceptors (Lipinski definition) is 0. The van der Waals surface area contributed by atoms with E-state index in [0.717, 1.165) is 0 Å². The maximum absolute atomic E-state index is 2.31. The molecule has 0 heterocycles. The van der Waals surface area contributed by atoms with Gasteiger partial charge < -0.3 is 0 Å². The predicted octanol–water partition coefficient (Wildman–Crippen LogP) is 3.96. The van der Waals surface area contributed by atoms with Crippen LogP contribution in [-0.4, -0.2) is 0 Å². The maximum atomic E-state index is 2.31. The lowest BCUT2D eigenvalue weighted by atomic mass is 10.0. The fraction of sp³-hybridized carbons (Fsp3) is 0.429. The molecule has 0 spiro atoms. The van der Waals surface area contributed by atoms with Gasteiger partial charge in [0.1, 0.15) is 0 Å². The van der Waals surface area contributed by atoms with E-state index in [1.54, 1.807) is 22.3 Å². The van der Waals surface area contributed by atoms with E-state index in [1.807, 2.05) is 0 Å². The number of hydrogen-bond donors (Lipinski definition) is 0. The third-order valence-corrected chi connectivity index (χ3v) is 3.62. The first-order valence-electron chi connectivity index (χ1n) is 5.74. The van der Waals surface area contributed by atoms with E-state index in [0.29, 0.717) is 0 Å². The minimum absolute atomic E-state index is 1.27. The van der Waals surface area contributed by atoms with Crippen LogP contribution >= 0.6 is 0 Å². The molecule has 1 fully saturated rings. The summed E-state index contributed by atoms with van der Waals surface area (Å²) in [6.07, 6.45) is 8.14. The minimum atomic E-state index is 1.27. The number of benzene rings is 1. The van der Waals surface area contributed by atoms with Gasteiger partial charge in [-0.2, -0.15) is 0 Å². The summed E-state index contributed by atoms with van der Waals surface area (Å²) >= 11 is 0. The SMILES string of the molecule is c1ccc2c(c1)CCC2=C1CCCC1. The number of rotatable bonds is 0. The van der Waals surface area contributed by atoms with Crippen molar-refractivity contribution in [1.82, 2.24) is 0 Å². The maximum Gasteiger partial charge on any atom is -0.0193 e. The molecule has 0 unspecified atom stereocenters. The van der Waals surface area contributed by atoms with Gasteiger partial charge in [-0.05, 0) is 55.2 Å². The van der Waals surface area contributed by atoms with Crippen LogP contribution in [0.1, 0.15) is 43.2 Å². The highest BCUT2D eigenvalue weighted by atomic mass is 14.2. The summed E-state index contributed by atoms with van der Waals surface area (Å²) in [5.41, 5.74) is 6.58. The van der Waals surface area contributed by atoms with Gasteiger partial charge in [0.2, 0.25) is 0 Å². The Hall–Kier alpha value is -1.04. The van der Waals surface area contributed by atoms with Crippen molar-refractivity contribution in [3.63, 3.8) is 0 Å². The van der Waals surface area contributed by atoms with Crippen LogP contribution < -0.4 is 0 Å². The zero-order chi connectivity index (χ0) is 9.38. The van der Waals surface area contributed by atoms with E-state index >= 15 is 0 Å². The van der Waals surface area contributed by atoms with E-state index in [-0.39, 0.29) is 0 Å². The van der Waals surface area contributed by atoms with Gasteiger partial charge in [-0.3, -0.25) is 0 Å². The zero-order valence-corrected chi connectivity index (χ0v) is 8.55. The van der Waals surface area contributed by atoms with Crippen LogP contribution in [0.4, 0.5) is 0 Å². The summed E-state index contributed by atoms with van der Waals surface area (Å²) in [6.45, 7) is 0. The number of fused-ring (bicyclic) bond motifs is 1. The van der Waals surface area contributed by atoms with Crippen molar-refractivity contribution in [2.24, 2.45) is 0 Å². The molecule has 0 bridgehead atoms. The topological polar surface area (TPSA) is 0 Å². The first-order chi connectivity index (χ1) is 6.95. The summed E-state index contributed by atoms with van der Waals surface area (Å²) in [4.78, 5) is 0. The molecule has 0 heteroatoms. The molecule has 1 saturated carbocycles. The van der Waals surface area contributed by atoms with Crippen molar-refractivity contribution < 1.29 is 0 Å². The Kier molecular flexibility index (Phi) is 1.93. The highest BCUT2D eigenvalue weighted by Gasteiger charge is 2.20. The molecule has 72 valence electrons. The van der Waals surface area contributed by atoms with Crippen molar-refractivity contribution in [3.8, 4) is 0 Å². The van der Waals surface area contributed by atoms with Crippen molar-refractivity contribution in [3.05, 3.63) is 41.0 Å². The largest absolute Gasteiger partial charge is 0.0664 e. The molecule has 0 N–H and O–H groups in total. The number of allylic oxidation sites excluding steroid dienone is 2. The van der Waals surface area contributed by atoms with Crippen LogP contribution in [0, 0.1) is 0 Å². The van der Waals surface area contributed by atoms with E-state index < -0.39 is 0 Å². The second-order valence-electron chi connectivity index (χ2n) is 4.45. The number of aryl methyl sites for hydroxylation is 1. The minimum Gasteiger partial charge on any atom is -0.0664 e. The highest BCUT2D eigenvalue weighted by molar-refractivity contribution is 5.75. The first-order valence-corrected chi connectivity index (χ1v) is 5.74. The molecule has 1 aromatic carbocycles. The molecule has 0 aromatic heterocycles. The standard InChI is InChI=1S/C14H16/c1-2-6-11(5-1)14-10-9-12-7-3-4-8-13(12)14/h3-4,7-8H,1-2,5-6,9-10H2. The van der Waals surface area contributed by atoms with Crippen molar-refractivity contribution in [2.45, 2.75) is 38.5 Å². The molecular weight excluding hydrogens is 168 g/mol. The second kappa shape index (κ2) is 3.27. The Bertz CT molecular complexity index is 377. The first kappa shape index (κ1) is 8.28. The lowest BCUT2D eigenvalue weighted by Crippen LogP contribution is -1.83. The van der Waals surface area contributed by atoms with Gasteiger partial charge in [0.25, 0.3) is 0 Å². The van der Waals surface area contributed by atoms with Crippen LogP contribution in [0.5, 0.6) is 0 Å². The lowest BCUT2D eigenvalue weighted by Gasteiger charge is -2.05. The molecule has 2 aliphatic carbocycles. The van der Waals surface area contributed by atoms with Gasteiger partial charge in [0, 0.05) is 0 Å². The highest BCUT2D eigenvalue weighted by Crippen LogP contribution is 2.39. The molecule has 0 amide bonds. The monoisotopic (exact) mass is 184 g/mol. The molecular formula is C14H16. The normalized spacial score (nSPS) is 20.3. The van der Waals surface area contributed by atoms with Gasteiger partial charge in [-0.15, -0.1) is 0 Å². The fourth-order valence-corrected chi connectivity index (χ4v) is 2.90. The van der Waals surface area contributed by atoms with Crippen LogP contribution in [0.25, 0.3) is 5.57 Å². The molecule has 14 heavy (non-hydrogen) atoms. The Morgan fingerprint density at radius 2 is 1.57 bits per heavy atom. The lowest BCUT2D eigenvalue weighted by molar-refractivity contribution is 0.886. The van der Waals surface area contributed by atoms with Crippen LogP contribution in [0.2, 0.25) is 0 Å². The van der Waals surface area contributed by atoms with Crippen molar-refractivity contribution >= 4 is 5.57 Å². The Morgan fingerprint density at radius 3 is 2.43 bits per heavy atom. The fourth-order valence-electron chi connectivity index (χ4n) is 2.90. The molecule has 0 atom stereocenters. The van der Waals surface area contributed by atoms with Gasteiger partial charge >= 0.3 is 0 Å². The van der Waals surface area contributed by atoms with E-state index in [2.05, 4.69) is 24.3 Å². The Morgan fingerprint density at radius 1 is 0.786 bits per heavy atom. The molecule has 0 saturated heterocycles. The Balaban J connectivity index is 2.09. The predicted molar refractivity (Wildman–Crippen MR) is 60.2 cm³/mol. The molecule has 2 aliphatic rings. The van der Waals surface area contributed by atoms with Gasteiger partial charge in [-0.25, -0.2) is 0 Å². The van der Waals surface area contributed by atoms with Gasteiger partial charge in [0.05, 0.1) is 0 Å². The summed E-state index contributed by atoms with van der Waals surface area (Å²) in [5, 5.41) is 0. The zero-order valence-electron chi connectivity index (χ0n) is 8.55. The van der Waals surface area contributed by atoms with Crippen molar-refractivity contribution in [1.29, 1.82) is 0 Å². The summed E-state index contributed by atoms with van der Waals surface area (Å²) in [5.74, 6) is 0. The molecule has 0 aliphatic heterocycles.